The molecule has 1 aliphatic carbocycles. The Morgan fingerprint density at radius 2 is 2.29 bits per heavy atom. The first kappa shape index (κ1) is 15.5. The predicted octanol–water partition coefficient (Wildman–Crippen LogP) is 3.40. The Morgan fingerprint density at radius 1 is 1.42 bits per heavy atom. The van der Waals surface area contributed by atoms with Gasteiger partial charge in [-0.05, 0) is 43.4 Å². The molecule has 1 saturated carbocycles. The van der Waals surface area contributed by atoms with Crippen LogP contribution in [0.5, 0.6) is 0 Å². The van der Waals surface area contributed by atoms with Crippen LogP contribution in [0.4, 0.5) is 0 Å². The molecule has 2 aliphatic rings. The fourth-order valence-corrected chi connectivity index (χ4v) is 3.73. The number of aromatic nitrogens is 2. The Morgan fingerprint density at radius 3 is 3.04 bits per heavy atom. The summed E-state index contributed by atoms with van der Waals surface area (Å²) in [5.74, 6) is 3.62. The molecule has 4 rings (SSSR count). The molecule has 0 unspecified atom stereocenters. The van der Waals surface area contributed by atoms with E-state index in [-0.39, 0.29) is 5.91 Å². The van der Waals surface area contributed by atoms with Crippen LogP contribution in [0.15, 0.2) is 35.0 Å². The van der Waals surface area contributed by atoms with Crippen molar-refractivity contribution in [2.75, 3.05) is 13.1 Å². The van der Waals surface area contributed by atoms with E-state index in [1.807, 2.05) is 27.9 Å². The molecular weight excluding hydrogens is 302 g/mol. The van der Waals surface area contributed by atoms with Crippen LogP contribution in [-0.2, 0) is 11.2 Å². The van der Waals surface area contributed by atoms with Gasteiger partial charge >= 0.3 is 0 Å². The average Bonchev–Trinajstić information content (AvgIpc) is 3.04. The molecule has 0 spiro atoms. The lowest BCUT2D eigenvalue weighted by Gasteiger charge is -2.33. The smallest absolute Gasteiger partial charge is 0.223 e. The second-order valence-electron chi connectivity index (χ2n) is 7.25. The number of amides is 1. The SMILES string of the molecule is C[C@@H]1C[C@@H]1c1ccc(CCC(=O)N2CCC[C@@H](n3cccn3)C2)o1. The van der Waals surface area contributed by atoms with Crippen molar-refractivity contribution in [2.24, 2.45) is 5.92 Å². The van der Waals surface area contributed by atoms with E-state index < -0.39 is 0 Å². The summed E-state index contributed by atoms with van der Waals surface area (Å²) in [5, 5.41) is 4.32. The van der Waals surface area contributed by atoms with E-state index in [0.717, 1.165) is 43.4 Å². The quantitative estimate of drug-likeness (QED) is 0.846. The van der Waals surface area contributed by atoms with Crippen molar-refractivity contribution in [2.45, 2.75) is 51.0 Å². The van der Waals surface area contributed by atoms with E-state index in [0.29, 0.717) is 24.8 Å². The number of hydrogen-bond donors (Lipinski definition) is 0. The molecule has 3 atom stereocenters. The number of likely N-dealkylation sites (tertiary alicyclic amines) is 1. The zero-order valence-electron chi connectivity index (χ0n) is 14.2. The molecule has 2 aromatic heterocycles. The van der Waals surface area contributed by atoms with E-state index in [4.69, 9.17) is 4.42 Å². The number of hydrogen-bond acceptors (Lipinski definition) is 3. The Labute approximate surface area is 142 Å². The van der Waals surface area contributed by atoms with Crippen molar-refractivity contribution in [1.29, 1.82) is 0 Å². The summed E-state index contributed by atoms with van der Waals surface area (Å²) in [5.41, 5.74) is 0. The number of aryl methyl sites for hydroxylation is 1. The van der Waals surface area contributed by atoms with Gasteiger partial charge in [-0.1, -0.05) is 6.92 Å². The van der Waals surface area contributed by atoms with Gasteiger partial charge in [0.05, 0.1) is 6.04 Å². The zero-order valence-corrected chi connectivity index (χ0v) is 14.2. The summed E-state index contributed by atoms with van der Waals surface area (Å²) in [7, 11) is 0. The van der Waals surface area contributed by atoms with Gasteiger partial charge in [0, 0.05) is 44.2 Å². The number of furan rings is 1. The highest BCUT2D eigenvalue weighted by atomic mass is 16.3. The van der Waals surface area contributed by atoms with Crippen LogP contribution in [0.1, 0.15) is 56.1 Å². The Hall–Kier alpha value is -2.04. The summed E-state index contributed by atoms with van der Waals surface area (Å²) in [4.78, 5) is 14.5. The maximum atomic E-state index is 12.5. The van der Waals surface area contributed by atoms with Crippen LogP contribution in [-0.4, -0.2) is 33.7 Å². The maximum absolute atomic E-state index is 12.5. The van der Waals surface area contributed by atoms with Gasteiger partial charge in [0.25, 0.3) is 0 Å². The largest absolute Gasteiger partial charge is 0.466 e. The lowest BCUT2D eigenvalue weighted by atomic mass is 10.1. The zero-order chi connectivity index (χ0) is 16.5. The van der Waals surface area contributed by atoms with Gasteiger partial charge in [0.15, 0.2) is 0 Å². The Bertz CT molecular complexity index is 691. The maximum Gasteiger partial charge on any atom is 0.223 e. The molecule has 2 aromatic rings. The van der Waals surface area contributed by atoms with E-state index in [1.54, 1.807) is 6.20 Å². The highest BCUT2D eigenvalue weighted by molar-refractivity contribution is 5.76. The van der Waals surface area contributed by atoms with E-state index >= 15 is 0 Å². The monoisotopic (exact) mass is 327 g/mol. The number of piperidine rings is 1. The number of carbonyl (C=O) groups excluding carboxylic acids is 1. The summed E-state index contributed by atoms with van der Waals surface area (Å²) in [6.45, 7) is 3.88. The van der Waals surface area contributed by atoms with Crippen LogP contribution in [0, 0.1) is 5.92 Å². The average molecular weight is 327 g/mol. The van der Waals surface area contributed by atoms with Gasteiger partial charge in [-0.25, -0.2) is 0 Å². The van der Waals surface area contributed by atoms with Crippen LogP contribution in [0.2, 0.25) is 0 Å². The molecule has 3 heterocycles. The minimum atomic E-state index is 0.226. The molecule has 1 amide bonds. The highest BCUT2D eigenvalue weighted by Crippen LogP contribution is 2.47. The third-order valence-electron chi connectivity index (χ3n) is 5.39. The van der Waals surface area contributed by atoms with Crippen LogP contribution in [0.3, 0.4) is 0 Å². The van der Waals surface area contributed by atoms with E-state index in [1.165, 1.54) is 6.42 Å². The molecule has 5 heteroatoms. The molecule has 1 saturated heterocycles. The Balaban J connectivity index is 1.30. The second-order valence-corrected chi connectivity index (χ2v) is 7.25. The standard InChI is InChI=1S/C19H25N3O2/c1-14-12-17(14)18-7-5-16(24-18)6-8-19(23)21-10-2-4-15(13-21)22-11-3-9-20-22/h3,5,7,9,11,14-15,17H,2,4,6,8,10,12-13H2,1H3/t14-,15-,17+/m1/s1. The molecular formula is C19H25N3O2. The molecule has 128 valence electrons. The molecule has 0 radical (unpaired) electrons. The van der Waals surface area contributed by atoms with Gasteiger partial charge in [0.2, 0.25) is 5.91 Å². The van der Waals surface area contributed by atoms with Crippen molar-refractivity contribution < 1.29 is 9.21 Å². The Kier molecular flexibility index (Phi) is 4.17. The summed E-state index contributed by atoms with van der Waals surface area (Å²) < 4.78 is 7.89. The number of nitrogens with zero attached hydrogens (tertiary/aromatic N) is 3. The molecule has 0 aromatic carbocycles. The molecule has 0 bridgehead atoms. The summed E-state index contributed by atoms with van der Waals surface area (Å²) in [6.07, 6.45) is 8.38. The van der Waals surface area contributed by atoms with Crippen LogP contribution < -0.4 is 0 Å². The van der Waals surface area contributed by atoms with Gasteiger partial charge < -0.3 is 9.32 Å². The van der Waals surface area contributed by atoms with Crippen molar-refractivity contribution >= 4 is 5.91 Å². The first-order valence-corrected chi connectivity index (χ1v) is 9.06. The first-order chi connectivity index (χ1) is 11.7. The van der Waals surface area contributed by atoms with Crippen molar-refractivity contribution in [1.82, 2.24) is 14.7 Å². The topological polar surface area (TPSA) is 51.3 Å². The predicted molar refractivity (Wildman–Crippen MR) is 90.6 cm³/mol. The fraction of sp³-hybridized carbons (Fsp3) is 0.579. The van der Waals surface area contributed by atoms with Crippen LogP contribution >= 0.6 is 0 Å². The molecule has 1 aliphatic heterocycles. The van der Waals surface area contributed by atoms with Gasteiger partial charge in [-0.2, -0.15) is 5.10 Å². The molecule has 0 N–H and O–H groups in total. The number of rotatable bonds is 5. The lowest BCUT2D eigenvalue weighted by molar-refractivity contribution is -0.132. The minimum absolute atomic E-state index is 0.226. The van der Waals surface area contributed by atoms with Crippen LogP contribution in [0.25, 0.3) is 0 Å². The van der Waals surface area contributed by atoms with Gasteiger partial charge in [0.1, 0.15) is 11.5 Å². The van der Waals surface area contributed by atoms with E-state index in [9.17, 15) is 4.79 Å². The first-order valence-electron chi connectivity index (χ1n) is 9.06. The van der Waals surface area contributed by atoms with Crippen molar-refractivity contribution in [3.63, 3.8) is 0 Å². The fourth-order valence-electron chi connectivity index (χ4n) is 3.73. The van der Waals surface area contributed by atoms with Gasteiger partial charge in [-0.15, -0.1) is 0 Å². The normalized spacial score (nSPS) is 26.5. The van der Waals surface area contributed by atoms with Crippen molar-refractivity contribution in [3.05, 3.63) is 42.1 Å². The second kappa shape index (κ2) is 6.46. The highest BCUT2D eigenvalue weighted by Gasteiger charge is 2.36. The van der Waals surface area contributed by atoms with E-state index in [2.05, 4.69) is 18.1 Å². The minimum Gasteiger partial charge on any atom is -0.466 e. The third kappa shape index (κ3) is 3.25. The van der Waals surface area contributed by atoms with Gasteiger partial charge in [-0.3, -0.25) is 9.48 Å². The molecule has 5 nitrogen and oxygen atoms in total. The summed E-state index contributed by atoms with van der Waals surface area (Å²) in [6, 6.07) is 6.37. The summed E-state index contributed by atoms with van der Waals surface area (Å²) >= 11 is 0. The lowest BCUT2D eigenvalue weighted by Crippen LogP contribution is -2.40. The molecule has 24 heavy (non-hydrogen) atoms. The molecule has 2 fully saturated rings. The third-order valence-corrected chi connectivity index (χ3v) is 5.39. The number of carbonyl (C=O) groups is 1. The van der Waals surface area contributed by atoms with Crippen molar-refractivity contribution in [3.8, 4) is 0 Å².